The molecule has 0 amide bonds. The highest BCUT2D eigenvalue weighted by atomic mass is 19.1. The summed E-state index contributed by atoms with van der Waals surface area (Å²) < 4.78 is 33.8. The van der Waals surface area contributed by atoms with Crippen LogP contribution in [-0.4, -0.2) is 11.6 Å². The second-order valence-electron chi connectivity index (χ2n) is 12.9. The number of hydrogen-bond acceptors (Lipinski definition) is 4. The zero-order chi connectivity index (χ0) is 32.0. The summed E-state index contributed by atoms with van der Waals surface area (Å²) in [6.07, 6.45) is 0. The Morgan fingerprint density at radius 3 is 1.20 bits per heavy atom. The molecule has 6 heteroatoms. The van der Waals surface area contributed by atoms with Crippen molar-refractivity contribution in [3.63, 3.8) is 0 Å². The summed E-state index contributed by atoms with van der Waals surface area (Å²) in [4.78, 5) is 27.4. The number of carbonyl (C=O) groups is 2. The number of fused-ring (bicyclic) bond motifs is 2. The van der Waals surface area contributed by atoms with E-state index in [1.165, 1.54) is 12.1 Å². The molecule has 4 aromatic carbocycles. The molecule has 44 heavy (non-hydrogen) atoms. The molecule has 0 saturated carbocycles. The molecule has 0 unspecified atom stereocenters. The number of rotatable bonds is 8. The number of ketones is 2. The minimum atomic E-state index is -0.965. The molecule has 4 nitrogen and oxygen atoms in total. The Balaban J connectivity index is 1.81. The van der Waals surface area contributed by atoms with Crippen LogP contribution in [0.15, 0.2) is 60.7 Å². The number of halogens is 2. The molecule has 0 spiro atoms. The summed E-state index contributed by atoms with van der Waals surface area (Å²) in [5.74, 6) is -2.82. The van der Waals surface area contributed by atoms with Crippen LogP contribution < -0.4 is 10.6 Å². The molecule has 4 aromatic rings. The summed E-state index contributed by atoms with van der Waals surface area (Å²) in [5, 5.41) is 6.40. The summed E-state index contributed by atoms with van der Waals surface area (Å²) in [7, 11) is 0. The van der Waals surface area contributed by atoms with Crippen molar-refractivity contribution in [2.45, 2.75) is 79.1 Å². The monoisotopic (exact) mass is 594 g/mol. The second-order valence-corrected chi connectivity index (χ2v) is 12.9. The van der Waals surface area contributed by atoms with Crippen molar-refractivity contribution in [1.29, 1.82) is 0 Å². The van der Waals surface area contributed by atoms with Gasteiger partial charge in [0.05, 0.1) is 11.1 Å². The molecule has 1 aliphatic rings. The highest BCUT2D eigenvalue weighted by molar-refractivity contribution is 6.29. The maximum atomic E-state index is 16.9. The average Bonchev–Trinajstić information content (AvgIpc) is 2.98. The third-order valence-electron chi connectivity index (χ3n) is 8.50. The van der Waals surface area contributed by atoms with Crippen molar-refractivity contribution in [3.8, 4) is 0 Å². The molecule has 0 heterocycles. The third kappa shape index (κ3) is 5.42. The largest absolute Gasteiger partial charge is 0.351 e. The predicted octanol–water partition coefficient (Wildman–Crippen LogP) is 10.7. The maximum Gasteiger partial charge on any atom is 0.197 e. The standard InChI is InChI=1S/C38H40F2N2O2/c1-19(2)23-13-15-25(21(5)6)29(17-23)41-35-33(39)31-32(38(44)28-12-10-9-11-27(28)37(31)43)34(40)36(35)42-30-18-24(20(3)4)14-16-26(30)22(7)8/h9-22,41-42H,1-8H3. The van der Waals surface area contributed by atoms with Crippen LogP contribution >= 0.6 is 0 Å². The van der Waals surface area contributed by atoms with Crippen LogP contribution in [0.5, 0.6) is 0 Å². The molecule has 228 valence electrons. The first kappa shape index (κ1) is 31.1. The lowest BCUT2D eigenvalue weighted by atomic mass is 9.82. The molecule has 2 N–H and O–H groups in total. The minimum absolute atomic E-state index is 0.0614. The van der Waals surface area contributed by atoms with Gasteiger partial charge in [0, 0.05) is 22.5 Å². The zero-order valence-electron chi connectivity index (χ0n) is 26.7. The predicted molar refractivity (Wildman–Crippen MR) is 175 cm³/mol. The molecular weight excluding hydrogens is 554 g/mol. The molecule has 0 saturated heterocycles. The van der Waals surface area contributed by atoms with E-state index < -0.39 is 34.3 Å². The highest BCUT2D eigenvalue weighted by Crippen LogP contribution is 2.44. The van der Waals surface area contributed by atoms with Crippen LogP contribution in [0.3, 0.4) is 0 Å². The molecular formula is C38H40F2N2O2. The van der Waals surface area contributed by atoms with Gasteiger partial charge in [0.2, 0.25) is 0 Å². The fourth-order valence-corrected chi connectivity index (χ4v) is 5.86. The van der Waals surface area contributed by atoms with Gasteiger partial charge in [-0.15, -0.1) is 0 Å². The lowest BCUT2D eigenvalue weighted by Gasteiger charge is -2.26. The van der Waals surface area contributed by atoms with Crippen molar-refractivity contribution in [3.05, 3.63) is 117 Å². The number of nitrogens with one attached hydrogen (secondary N) is 2. The van der Waals surface area contributed by atoms with Gasteiger partial charge in [-0.1, -0.05) is 104 Å². The summed E-state index contributed by atoms with van der Waals surface area (Å²) in [5.41, 5.74) is 3.70. The second kappa shape index (κ2) is 12.0. The smallest absolute Gasteiger partial charge is 0.197 e. The van der Waals surface area contributed by atoms with Gasteiger partial charge in [-0.25, -0.2) is 8.78 Å². The summed E-state index contributed by atoms with van der Waals surface area (Å²) in [6, 6.07) is 18.1. The van der Waals surface area contributed by atoms with Crippen LogP contribution in [0.2, 0.25) is 0 Å². The molecule has 0 radical (unpaired) electrons. The Morgan fingerprint density at radius 1 is 0.523 bits per heavy atom. The van der Waals surface area contributed by atoms with Gasteiger partial charge < -0.3 is 10.6 Å². The Kier molecular flexibility index (Phi) is 8.48. The Labute approximate surface area is 258 Å². The van der Waals surface area contributed by atoms with E-state index in [0.29, 0.717) is 11.4 Å². The maximum absolute atomic E-state index is 16.9. The van der Waals surface area contributed by atoms with Gasteiger partial charge in [-0.05, 0) is 58.1 Å². The Hall–Kier alpha value is -4.32. The minimum Gasteiger partial charge on any atom is -0.351 e. The van der Waals surface area contributed by atoms with Gasteiger partial charge in [-0.2, -0.15) is 0 Å². The van der Waals surface area contributed by atoms with Crippen molar-refractivity contribution in [1.82, 2.24) is 0 Å². The quantitative estimate of drug-likeness (QED) is 0.188. The lowest BCUT2D eigenvalue weighted by molar-refractivity contribution is 0.0972. The SMILES string of the molecule is CC(C)c1ccc(C(C)C)c(Nc2c(F)c3c(c(F)c2Nc2cc(C(C)C)ccc2C(C)C)C(=O)c2ccccc2C3=O)c1. The molecule has 0 aliphatic heterocycles. The zero-order valence-corrected chi connectivity index (χ0v) is 26.7. The van der Waals surface area contributed by atoms with Gasteiger partial charge in [0.15, 0.2) is 23.2 Å². The topological polar surface area (TPSA) is 58.2 Å². The number of carbonyl (C=O) groups excluding carboxylic acids is 2. The van der Waals surface area contributed by atoms with E-state index in [1.54, 1.807) is 12.1 Å². The van der Waals surface area contributed by atoms with E-state index in [4.69, 9.17) is 0 Å². The first-order chi connectivity index (χ1) is 20.8. The van der Waals surface area contributed by atoms with Crippen LogP contribution in [0.1, 0.15) is 133 Å². The van der Waals surface area contributed by atoms with Gasteiger partial charge >= 0.3 is 0 Å². The molecule has 0 bridgehead atoms. The number of benzene rings is 4. The fraction of sp³-hybridized carbons (Fsp3) is 0.316. The van der Waals surface area contributed by atoms with Gasteiger partial charge in [-0.3, -0.25) is 9.59 Å². The molecule has 0 aromatic heterocycles. The van der Waals surface area contributed by atoms with Gasteiger partial charge in [0.25, 0.3) is 0 Å². The number of hydrogen-bond donors (Lipinski definition) is 2. The average molecular weight is 595 g/mol. The van der Waals surface area contributed by atoms with Crippen molar-refractivity contribution in [2.75, 3.05) is 10.6 Å². The lowest BCUT2D eigenvalue weighted by Crippen LogP contribution is -2.25. The first-order valence-electron chi connectivity index (χ1n) is 15.4. The molecule has 1 aliphatic carbocycles. The number of anilines is 4. The van der Waals surface area contributed by atoms with Crippen LogP contribution in [0, 0.1) is 11.6 Å². The highest BCUT2D eigenvalue weighted by Gasteiger charge is 2.38. The normalized spacial score (nSPS) is 12.8. The van der Waals surface area contributed by atoms with E-state index in [0.717, 1.165) is 22.3 Å². The van der Waals surface area contributed by atoms with Crippen molar-refractivity contribution in [2.24, 2.45) is 0 Å². The van der Waals surface area contributed by atoms with E-state index in [2.05, 4.69) is 38.3 Å². The van der Waals surface area contributed by atoms with E-state index in [-0.39, 0.29) is 46.2 Å². The van der Waals surface area contributed by atoms with Crippen LogP contribution in [-0.2, 0) is 0 Å². The molecule has 5 rings (SSSR count). The molecule has 0 atom stereocenters. The van der Waals surface area contributed by atoms with Crippen molar-refractivity contribution >= 4 is 34.3 Å². The first-order valence-corrected chi connectivity index (χ1v) is 15.4. The third-order valence-corrected chi connectivity index (χ3v) is 8.50. The van der Waals surface area contributed by atoms with E-state index in [9.17, 15) is 9.59 Å². The van der Waals surface area contributed by atoms with E-state index in [1.807, 2.05) is 64.1 Å². The van der Waals surface area contributed by atoms with Crippen molar-refractivity contribution < 1.29 is 18.4 Å². The Bertz CT molecular complexity index is 1660. The Morgan fingerprint density at radius 2 is 0.886 bits per heavy atom. The van der Waals surface area contributed by atoms with Gasteiger partial charge in [0.1, 0.15) is 11.4 Å². The molecule has 0 fully saturated rings. The van der Waals surface area contributed by atoms with Crippen LogP contribution in [0.4, 0.5) is 31.5 Å². The van der Waals surface area contributed by atoms with E-state index >= 15 is 8.78 Å². The summed E-state index contributed by atoms with van der Waals surface area (Å²) in [6.45, 7) is 16.4. The van der Waals surface area contributed by atoms with Crippen LogP contribution in [0.25, 0.3) is 0 Å². The summed E-state index contributed by atoms with van der Waals surface area (Å²) >= 11 is 0. The fourth-order valence-electron chi connectivity index (χ4n) is 5.86.